The summed E-state index contributed by atoms with van der Waals surface area (Å²) in [7, 11) is 0. The Kier molecular flexibility index (Phi) is 5.86. The minimum Gasteiger partial charge on any atom is -0.392 e. The predicted octanol–water partition coefficient (Wildman–Crippen LogP) is 5.50. The van der Waals surface area contributed by atoms with Gasteiger partial charge in [-0.25, -0.2) is 9.13 Å². The molecule has 2 aromatic carbocycles. The third-order valence-electron chi connectivity index (χ3n) is 3.83. The molecular formula is C18H15F7O2. The van der Waals surface area contributed by atoms with Gasteiger partial charge in [0.05, 0.1) is 12.2 Å². The van der Waals surface area contributed by atoms with E-state index < -0.39 is 29.9 Å². The first-order chi connectivity index (χ1) is 12.4. The number of rotatable bonds is 7. The molecule has 0 saturated heterocycles. The molecule has 0 aliphatic carbocycles. The quantitative estimate of drug-likeness (QED) is 0.627. The molecule has 0 heterocycles. The van der Waals surface area contributed by atoms with Crippen LogP contribution in [0.5, 0.6) is 0 Å². The monoisotopic (exact) mass is 396 g/mol. The highest BCUT2D eigenvalue weighted by Gasteiger charge is 2.65. The van der Waals surface area contributed by atoms with Crippen molar-refractivity contribution < 1.29 is 40.6 Å². The number of aliphatic hydroxyl groups excluding tert-OH is 1. The molecule has 0 aliphatic rings. The van der Waals surface area contributed by atoms with Gasteiger partial charge in [0.25, 0.3) is 0 Å². The van der Waals surface area contributed by atoms with Gasteiger partial charge in [0.2, 0.25) is 0 Å². The van der Waals surface area contributed by atoms with E-state index in [1.54, 1.807) is 24.3 Å². The van der Waals surface area contributed by atoms with Gasteiger partial charge in [-0.15, -0.1) is 0 Å². The molecule has 0 amide bonds. The summed E-state index contributed by atoms with van der Waals surface area (Å²) in [4.78, 5) is 0. The van der Waals surface area contributed by atoms with Crippen LogP contribution in [-0.4, -0.2) is 23.3 Å². The highest BCUT2D eigenvalue weighted by atomic mass is 19.3. The second-order valence-electron chi connectivity index (χ2n) is 5.81. The van der Waals surface area contributed by atoms with Crippen LogP contribution in [0.15, 0.2) is 48.5 Å². The van der Waals surface area contributed by atoms with Gasteiger partial charge in [0, 0.05) is 0 Å². The van der Waals surface area contributed by atoms with E-state index in [0.29, 0.717) is 16.7 Å². The Bertz CT molecular complexity index is 756. The van der Waals surface area contributed by atoms with Crippen LogP contribution in [0, 0.1) is 0 Å². The molecule has 0 spiro atoms. The maximum Gasteiger partial charge on any atom is 0.427 e. The Morgan fingerprint density at radius 1 is 0.852 bits per heavy atom. The molecular weight excluding hydrogens is 381 g/mol. The largest absolute Gasteiger partial charge is 0.427 e. The van der Waals surface area contributed by atoms with E-state index in [2.05, 4.69) is 4.74 Å². The van der Waals surface area contributed by atoms with E-state index in [4.69, 9.17) is 5.11 Å². The fourth-order valence-corrected chi connectivity index (χ4v) is 2.18. The van der Waals surface area contributed by atoms with Crippen molar-refractivity contribution >= 4 is 0 Å². The van der Waals surface area contributed by atoms with Crippen molar-refractivity contribution in [2.24, 2.45) is 0 Å². The molecule has 9 heteroatoms. The number of hydrogen-bond donors (Lipinski definition) is 1. The third kappa shape index (κ3) is 4.41. The molecule has 2 nitrogen and oxygen atoms in total. The van der Waals surface area contributed by atoms with Gasteiger partial charge in [-0.2, -0.15) is 26.3 Å². The summed E-state index contributed by atoms with van der Waals surface area (Å²) in [5.41, 5.74) is 0.556. The molecule has 1 unspecified atom stereocenters. The Morgan fingerprint density at radius 2 is 1.30 bits per heavy atom. The molecule has 0 radical (unpaired) electrons. The number of benzene rings is 2. The van der Waals surface area contributed by atoms with Gasteiger partial charge in [-0.3, -0.25) is 0 Å². The molecule has 0 aliphatic heterocycles. The molecule has 0 aromatic heterocycles. The molecule has 1 atom stereocenters. The highest BCUT2D eigenvalue weighted by Crippen LogP contribution is 2.45. The van der Waals surface area contributed by atoms with Crippen LogP contribution in [0.1, 0.15) is 18.1 Å². The fraction of sp³-hybridized carbons (Fsp3) is 0.333. The lowest BCUT2D eigenvalue weighted by molar-refractivity contribution is -0.443. The normalized spacial score (nSPS) is 14.3. The molecule has 0 fully saturated rings. The van der Waals surface area contributed by atoms with Crippen LogP contribution in [0.25, 0.3) is 11.1 Å². The summed E-state index contributed by atoms with van der Waals surface area (Å²) in [6.45, 7) is -0.0641. The van der Waals surface area contributed by atoms with Crippen LogP contribution in [0.4, 0.5) is 30.7 Å². The van der Waals surface area contributed by atoms with Crippen LogP contribution in [0.3, 0.4) is 0 Å². The average Bonchev–Trinajstić information content (AvgIpc) is 2.61. The van der Waals surface area contributed by atoms with Crippen LogP contribution >= 0.6 is 0 Å². The van der Waals surface area contributed by atoms with Gasteiger partial charge in [0.1, 0.15) is 0 Å². The van der Waals surface area contributed by atoms with E-state index in [-0.39, 0.29) is 13.5 Å². The molecule has 0 bridgehead atoms. The first-order valence-electron chi connectivity index (χ1n) is 7.69. The van der Waals surface area contributed by atoms with Gasteiger partial charge in [0.15, 0.2) is 6.17 Å². The van der Waals surface area contributed by atoms with Crippen molar-refractivity contribution in [1.82, 2.24) is 0 Å². The lowest BCUT2D eigenvalue weighted by atomic mass is 10.0. The first-order valence-corrected chi connectivity index (χ1v) is 7.69. The molecule has 0 saturated carbocycles. The van der Waals surface area contributed by atoms with Crippen molar-refractivity contribution in [3.05, 3.63) is 59.7 Å². The second kappa shape index (κ2) is 7.47. The summed E-state index contributed by atoms with van der Waals surface area (Å²) >= 11 is 0. The summed E-state index contributed by atoms with van der Waals surface area (Å²) in [5.74, 6) is -5.43. The minimum atomic E-state index is -5.72. The minimum absolute atomic E-state index is 0.117. The van der Waals surface area contributed by atoms with Gasteiger partial charge in [-0.05, 0) is 35.7 Å². The maximum absolute atomic E-state index is 13.9. The summed E-state index contributed by atoms with van der Waals surface area (Å²) in [5, 5.41) is 8.97. The molecule has 2 rings (SSSR count). The van der Waals surface area contributed by atoms with E-state index in [1.165, 1.54) is 0 Å². The smallest absolute Gasteiger partial charge is 0.392 e. The lowest BCUT2D eigenvalue weighted by Gasteiger charge is -2.30. The zero-order valence-corrected chi connectivity index (χ0v) is 13.9. The molecule has 148 valence electrons. The van der Waals surface area contributed by atoms with Crippen molar-refractivity contribution in [2.45, 2.75) is 37.8 Å². The number of alkyl halides is 7. The van der Waals surface area contributed by atoms with E-state index in [0.717, 1.165) is 24.3 Å². The summed E-state index contributed by atoms with van der Waals surface area (Å²) in [6.07, 6.45) is -13.9. The van der Waals surface area contributed by atoms with Gasteiger partial charge >= 0.3 is 18.1 Å². The number of hydrogen-bond acceptors (Lipinski definition) is 2. The topological polar surface area (TPSA) is 29.5 Å². The first kappa shape index (κ1) is 21.2. The number of aliphatic hydroxyl groups is 1. The van der Waals surface area contributed by atoms with Crippen molar-refractivity contribution in [3.63, 3.8) is 0 Å². The summed E-state index contributed by atoms with van der Waals surface area (Å²) in [6, 6.07) is 10.2. The van der Waals surface area contributed by atoms with Crippen molar-refractivity contribution in [3.8, 4) is 11.1 Å². The second-order valence-corrected chi connectivity index (χ2v) is 5.81. The lowest BCUT2D eigenvalue weighted by Crippen LogP contribution is -2.51. The van der Waals surface area contributed by atoms with E-state index in [1.807, 2.05) is 0 Å². The van der Waals surface area contributed by atoms with Gasteiger partial charge < -0.3 is 5.11 Å². The van der Waals surface area contributed by atoms with Crippen LogP contribution < -0.4 is 0 Å². The zero-order valence-electron chi connectivity index (χ0n) is 13.9. The number of ether oxygens (including phenoxy) is 1. The highest BCUT2D eigenvalue weighted by molar-refractivity contribution is 5.64. The Balaban J connectivity index is 2.23. The number of halogens is 7. The van der Waals surface area contributed by atoms with Crippen molar-refractivity contribution in [1.29, 1.82) is 0 Å². The molecule has 2 aromatic rings. The summed E-state index contributed by atoms with van der Waals surface area (Å²) < 4.78 is 96.4. The molecule has 1 N–H and O–H groups in total. The average molecular weight is 396 g/mol. The van der Waals surface area contributed by atoms with Crippen molar-refractivity contribution in [2.75, 3.05) is 0 Å². The Morgan fingerprint density at radius 3 is 1.70 bits per heavy atom. The van der Waals surface area contributed by atoms with Crippen LogP contribution in [0.2, 0.25) is 0 Å². The maximum atomic E-state index is 13.9. The van der Waals surface area contributed by atoms with E-state index in [9.17, 15) is 30.7 Å². The predicted molar refractivity (Wildman–Crippen MR) is 83.2 cm³/mol. The Labute approximate surface area is 150 Å². The van der Waals surface area contributed by atoms with Crippen LogP contribution in [-0.2, 0) is 17.5 Å². The Hall–Kier alpha value is -2.13. The standard InChI is InChI=1S/C18H15F7O2/c1-11(19)16(20,21)18(24,25)27-17(22,23)15-8-6-14(7-9-15)13-4-2-12(10-26)3-5-13/h2-9,11,26H,10H2,1H3. The van der Waals surface area contributed by atoms with Gasteiger partial charge in [-0.1, -0.05) is 36.4 Å². The zero-order chi connectivity index (χ0) is 20.5. The molecule has 27 heavy (non-hydrogen) atoms. The third-order valence-corrected chi connectivity index (χ3v) is 3.83. The SMILES string of the molecule is CC(F)C(F)(F)C(F)(F)OC(F)(F)c1ccc(-c2ccc(CO)cc2)cc1. The van der Waals surface area contributed by atoms with E-state index >= 15 is 0 Å². The fourth-order valence-electron chi connectivity index (χ4n) is 2.18.